The first-order valence-electron chi connectivity index (χ1n) is 5.20. The van der Waals surface area contributed by atoms with E-state index in [-0.39, 0.29) is 5.91 Å². The summed E-state index contributed by atoms with van der Waals surface area (Å²) >= 11 is 3.36. The Morgan fingerprint density at radius 2 is 2.25 bits per heavy atom. The number of rotatable bonds is 4. The molecule has 0 saturated heterocycles. The molecule has 2 N–H and O–H groups in total. The molecule has 0 spiro atoms. The monoisotopic (exact) mass is 285 g/mol. The van der Waals surface area contributed by atoms with Crippen molar-refractivity contribution in [3.8, 4) is 0 Å². The fourth-order valence-electron chi connectivity index (χ4n) is 1.18. The van der Waals surface area contributed by atoms with Gasteiger partial charge in [0.15, 0.2) is 5.69 Å². The van der Waals surface area contributed by atoms with Crippen LogP contribution in [0, 0.1) is 0 Å². The number of allylic oxidation sites excluding steroid dienone is 1. The third kappa shape index (κ3) is 3.20. The van der Waals surface area contributed by atoms with Crippen molar-refractivity contribution < 1.29 is 4.79 Å². The Balaban J connectivity index is 2.66. The van der Waals surface area contributed by atoms with E-state index in [2.05, 4.69) is 31.4 Å². The van der Waals surface area contributed by atoms with Gasteiger partial charge in [0.25, 0.3) is 5.91 Å². The summed E-state index contributed by atoms with van der Waals surface area (Å²) in [5.41, 5.74) is 2.53. The van der Waals surface area contributed by atoms with Gasteiger partial charge in [-0.1, -0.05) is 18.6 Å². The van der Waals surface area contributed by atoms with Crippen molar-refractivity contribution in [3.05, 3.63) is 27.5 Å². The van der Waals surface area contributed by atoms with Gasteiger partial charge >= 0.3 is 0 Å². The number of aromatic nitrogens is 2. The number of hydrogen-bond acceptors (Lipinski definition) is 2. The number of H-pyrrole nitrogens is 1. The number of aryl methyl sites for hydroxylation is 1. The summed E-state index contributed by atoms with van der Waals surface area (Å²) in [6.07, 6.45) is 2.77. The van der Waals surface area contributed by atoms with E-state index in [1.54, 1.807) is 0 Å². The Labute approximate surface area is 104 Å². The van der Waals surface area contributed by atoms with E-state index in [0.29, 0.717) is 12.2 Å². The average molecular weight is 286 g/mol. The maximum Gasteiger partial charge on any atom is 0.273 e. The van der Waals surface area contributed by atoms with Gasteiger partial charge in [-0.05, 0) is 36.2 Å². The summed E-state index contributed by atoms with van der Waals surface area (Å²) in [5.74, 6) is -0.166. The minimum Gasteiger partial charge on any atom is -0.347 e. The van der Waals surface area contributed by atoms with Gasteiger partial charge in [-0.3, -0.25) is 9.89 Å². The van der Waals surface area contributed by atoms with Gasteiger partial charge in [0.05, 0.1) is 4.47 Å². The first-order chi connectivity index (χ1) is 7.56. The molecular weight excluding hydrogens is 270 g/mol. The quantitative estimate of drug-likeness (QED) is 0.835. The molecule has 0 aliphatic heterocycles. The van der Waals surface area contributed by atoms with E-state index in [0.717, 1.165) is 16.6 Å². The highest BCUT2D eigenvalue weighted by molar-refractivity contribution is 9.10. The van der Waals surface area contributed by atoms with Crippen LogP contribution in [0.3, 0.4) is 0 Å². The van der Waals surface area contributed by atoms with Crippen LogP contribution in [0.2, 0.25) is 0 Å². The summed E-state index contributed by atoms with van der Waals surface area (Å²) in [6, 6.07) is 0. The number of nitrogens with zero attached hydrogens (tertiary/aromatic N) is 1. The van der Waals surface area contributed by atoms with Gasteiger partial charge in [0, 0.05) is 12.2 Å². The number of carbonyl (C=O) groups is 1. The molecule has 5 heteroatoms. The van der Waals surface area contributed by atoms with E-state index in [4.69, 9.17) is 0 Å². The maximum atomic E-state index is 11.7. The number of aromatic amines is 1. The lowest BCUT2D eigenvalue weighted by Crippen LogP contribution is -2.24. The molecule has 1 aromatic rings. The van der Waals surface area contributed by atoms with Crippen LogP contribution in [-0.4, -0.2) is 22.6 Å². The summed E-state index contributed by atoms with van der Waals surface area (Å²) in [5, 5.41) is 9.59. The number of halogens is 1. The lowest BCUT2D eigenvalue weighted by atomic mass is 10.3. The second kappa shape index (κ2) is 5.84. The minimum absolute atomic E-state index is 0.166. The van der Waals surface area contributed by atoms with Crippen molar-refractivity contribution >= 4 is 21.8 Å². The molecule has 0 radical (unpaired) electrons. The average Bonchev–Trinajstić information content (AvgIpc) is 2.58. The molecule has 0 saturated carbocycles. The minimum atomic E-state index is -0.166. The Kier molecular flexibility index (Phi) is 4.73. The van der Waals surface area contributed by atoms with Crippen LogP contribution in [-0.2, 0) is 6.42 Å². The molecule has 0 unspecified atom stereocenters. The van der Waals surface area contributed by atoms with E-state index in [1.165, 1.54) is 5.57 Å². The third-order valence-corrected chi connectivity index (χ3v) is 2.97. The predicted molar refractivity (Wildman–Crippen MR) is 67.4 cm³/mol. The van der Waals surface area contributed by atoms with Gasteiger partial charge in [-0.25, -0.2) is 0 Å². The topological polar surface area (TPSA) is 57.8 Å². The first kappa shape index (κ1) is 13.0. The fourth-order valence-corrected chi connectivity index (χ4v) is 1.82. The van der Waals surface area contributed by atoms with Crippen molar-refractivity contribution in [2.45, 2.75) is 27.2 Å². The largest absolute Gasteiger partial charge is 0.347 e. The Morgan fingerprint density at radius 1 is 1.56 bits per heavy atom. The summed E-state index contributed by atoms with van der Waals surface area (Å²) in [6.45, 7) is 6.52. The van der Waals surface area contributed by atoms with Gasteiger partial charge in [0.2, 0.25) is 0 Å². The summed E-state index contributed by atoms with van der Waals surface area (Å²) in [4.78, 5) is 11.7. The fraction of sp³-hybridized carbons (Fsp3) is 0.455. The molecule has 0 atom stereocenters. The van der Waals surface area contributed by atoms with Crippen molar-refractivity contribution in [3.63, 3.8) is 0 Å². The molecule has 16 heavy (non-hydrogen) atoms. The molecule has 4 nitrogen and oxygen atoms in total. The molecule has 1 heterocycles. The van der Waals surface area contributed by atoms with Crippen molar-refractivity contribution in [1.29, 1.82) is 0 Å². The van der Waals surface area contributed by atoms with E-state index in [1.807, 2.05) is 26.8 Å². The second-order valence-electron chi connectivity index (χ2n) is 3.71. The second-order valence-corrected chi connectivity index (χ2v) is 4.50. The first-order valence-corrected chi connectivity index (χ1v) is 5.99. The van der Waals surface area contributed by atoms with Crippen LogP contribution in [0.5, 0.6) is 0 Å². The van der Waals surface area contributed by atoms with E-state index < -0.39 is 0 Å². The molecule has 1 rings (SSSR count). The van der Waals surface area contributed by atoms with Crippen LogP contribution in [0.25, 0.3) is 0 Å². The normalized spacial score (nSPS) is 10.0. The Hall–Kier alpha value is -1.10. The molecule has 1 aromatic heterocycles. The van der Waals surface area contributed by atoms with E-state index in [9.17, 15) is 4.79 Å². The lowest BCUT2D eigenvalue weighted by Gasteiger charge is -2.00. The van der Waals surface area contributed by atoms with Gasteiger partial charge < -0.3 is 5.32 Å². The van der Waals surface area contributed by atoms with Crippen LogP contribution >= 0.6 is 15.9 Å². The number of hydrogen-bond donors (Lipinski definition) is 2. The third-order valence-electron chi connectivity index (χ3n) is 2.12. The van der Waals surface area contributed by atoms with Gasteiger partial charge in [-0.2, -0.15) is 5.10 Å². The zero-order valence-corrected chi connectivity index (χ0v) is 11.3. The van der Waals surface area contributed by atoms with Crippen LogP contribution in [0.4, 0.5) is 0 Å². The Bertz CT molecular complexity index is 405. The van der Waals surface area contributed by atoms with Crippen molar-refractivity contribution in [1.82, 2.24) is 15.5 Å². The number of amides is 1. The zero-order chi connectivity index (χ0) is 12.1. The number of carbonyl (C=O) groups excluding carboxylic acids is 1. The molecule has 0 aliphatic carbocycles. The maximum absolute atomic E-state index is 11.7. The SMILES string of the molecule is CCc1[nH]nc(C(=O)NCC=C(C)C)c1Br. The lowest BCUT2D eigenvalue weighted by molar-refractivity contribution is 0.0952. The van der Waals surface area contributed by atoms with E-state index >= 15 is 0 Å². The van der Waals surface area contributed by atoms with Crippen molar-refractivity contribution in [2.24, 2.45) is 0 Å². The molecule has 1 amide bonds. The highest BCUT2D eigenvalue weighted by Crippen LogP contribution is 2.19. The molecule has 0 bridgehead atoms. The molecule has 0 aromatic carbocycles. The molecular formula is C11H16BrN3O. The molecule has 88 valence electrons. The molecule has 0 aliphatic rings. The highest BCUT2D eigenvalue weighted by Gasteiger charge is 2.15. The van der Waals surface area contributed by atoms with Crippen molar-refractivity contribution in [2.75, 3.05) is 6.54 Å². The number of nitrogens with one attached hydrogen (secondary N) is 2. The Morgan fingerprint density at radius 3 is 2.75 bits per heavy atom. The van der Waals surface area contributed by atoms with Gasteiger partial charge in [0.1, 0.15) is 0 Å². The standard InChI is InChI=1S/C11H16BrN3O/c1-4-8-9(12)10(15-14-8)11(16)13-6-5-7(2)3/h5H,4,6H2,1-3H3,(H,13,16)(H,14,15). The van der Waals surface area contributed by atoms with Crippen LogP contribution < -0.4 is 5.32 Å². The summed E-state index contributed by atoms with van der Waals surface area (Å²) in [7, 11) is 0. The highest BCUT2D eigenvalue weighted by atomic mass is 79.9. The van der Waals surface area contributed by atoms with Gasteiger partial charge in [-0.15, -0.1) is 0 Å². The summed E-state index contributed by atoms with van der Waals surface area (Å²) < 4.78 is 0.754. The molecule has 0 fully saturated rings. The zero-order valence-electron chi connectivity index (χ0n) is 9.72. The smallest absolute Gasteiger partial charge is 0.273 e. The van der Waals surface area contributed by atoms with Crippen LogP contribution in [0.1, 0.15) is 37.0 Å². The predicted octanol–water partition coefficient (Wildman–Crippen LogP) is 2.43. The van der Waals surface area contributed by atoms with Crippen LogP contribution in [0.15, 0.2) is 16.1 Å².